The monoisotopic (exact) mass is 385 g/mol. The third-order valence-electron chi connectivity index (χ3n) is 4.06. The summed E-state index contributed by atoms with van der Waals surface area (Å²) in [4.78, 5) is 14.3. The lowest BCUT2D eigenvalue weighted by molar-refractivity contribution is -0.194. The van der Waals surface area contributed by atoms with E-state index in [4.69, 9.17) is 33.3 Å². The first kappa shape index (κ1) is 20.1. The number of aliphatic hydroxyl groups is 1. The Kier molecular flexibility index (Phi) is 6.79. The molecule has 0 radical (unpaired) electrons. The fraction of sp³-hybridized carbons (Fsp3) is 0.556. The van der Waals surface area contributed by atoms with Crippen molar-refractivity contribution < 1.29 is 19.4 Å². The highest BCUT2D eigenvalue weighted by Crippen LogP contribution is 2.34. The minimum Gasteiger partial charge on any atom is -0.469 e. The molecule has 5 nitrogen and oxygen atoms in total. The minimum atomic E-state index is -1.41. The van der Waals surface area contributed by atoms with Gasteiger partial charge in [0.15, 0.2) is 5.79 Å². The SMILES string of the molecule is COC(=O)C[C@@H](OC(C)(C)O)C(=S)N1CCCC1c1cccc(Cl)c1. The quantitative estimate of drug-likeness (QED) is 0.459. The third-order valence-corrected chi connectivity index (χ3v) is 4.79. The first-order valence-electron chi connectivity index (χ1n) is 8.24. The van der Waals surface area contributed by atoms with E-state index in [-0.39, 0.29) is 12.5 Å². The van der Waals surface area contributed by atoms with Crippen LogP contribution in [-0.2, 0) is 14.3 Å². The summed E-state index contributed by atoms with van der Waals surface area (Å²) in [6.07, 6.45) is 1.14. The van der Waals surface area contributed by atoms with E-state index in [0.717, 1.165) is 24.9 Å². The second-order valence-corrected chi connectivity index (χ2v) is 7.43. The maximum atomic E-state index is 11.7. The van der Waals surface area contributed by atoms with Crippen molar-refractivity contribution in [3.63, 3.8) is 0 Å². The van der Waals surface area contributed by atoms with E-state index < -0.39 is 17.9 Å². The Morgan fingerprint density at radius 2 is 2.24 bits per heavy atom. The number of methoxy groups -OCH3 is 1. The van der Waals surface area contributed by atoms with Crippen molar-refractivity contribution in [2.24, 2.45) is 0 Å². The van der Waals surface area contributed by atoms with E-state index in [1.807, 2.05) is 24.3 Å². The topological polar surface area (TPSA) is 59.0 Å². The molecule has 1 aliphatic rings. The molecule has 2 rings (SSSR count). The molecular weight excluding hydrogens is 362 g/mol. The van der Waals surface area contributed by atoms with Crippen LogP contribution in [0.1, 0.15) is 44.7 Å². The Morgan fingerprint density at radius 3 is 2.84 bits per heavy atom. The Labute approximate surface area is 158 Å². The standard InChI is InChI=1S/C18H24ClNO4S/c1-18(2,22)24-15(11-16(21)23-3)17(25)20-9-5-8-14(20)12-6-4-7-13(19)10-12/h4,6-7,10,14-15,22H,5,8-9,11H2,1-3H3/t14?,15-/m1/s1. The molecule has 1 aliphatic heterocycles. The number of hydrogen-bond donors (Lipinski definition) is 1. The van der Waals surface area contributed by atoms with Crippen LogP contribution in [0, 0.1) is 0 Å². The van der Waals surface area contributed by atoms with Crippen molar-refractivity contribution in [2.45, 2.75) is 51.0 Å². The van der Waals surface area contributed by atoms with E-state index in [2.05, 4.69) is 4.90 Å². The average molecular weight is 386 g/mol. The summed E-state index contributed by atoms with van der Waals surface area (Å²) in [6, 6.07) is 7.77. The molecule has 25 heavy (non-hydrogen) atoms. The van der Waals surface area contributed by atoms with Crippen molar-refractivity contribution in [1.82, 2.24) is 4.90 Å². The van der Waals surface area contributed by atoms with Gasteiger partial charge in [0.1, 0.15) is 11.1 Å². The second-order valence-electron chi connectivity index (χ2n) is 6.58. The summed E-state index contributed by atoms with van der Waals surface area (Å²) in [5, 5.41) is 10.7. The Balaban J connectivity index is 2.22. The van der Waals surface area contributed by atoms with Crippen LogP contribution in [0.2, 0.25) is 5.02 Å². The van der Waals surface area contributed by atoms with Gasteiger partial charge in [-0.2, -0.15) is 0 Å². The first-order valence-corrected chi connectivity index (χ1v) is 9.03. The van der Waals surface area contributed by atoms with Gasteiger partial charge in [-0.3, -0.25) is 4.79 Å². The fourth-order valence-corrected chi connectivity index (χ4v) is 3.59. The van der Waals surface area contributed by atoms with E-state index >= 15 is 0 Å². The van der Waals surface area contributed by atoms with Crippen molar-refractivity contribution in [3.8, 4) is 0 Å². The molecule has 1 unspecified atom stereocenters. The highest BCUT2D eigenvalue weighted by molar-refractivity contribution is 7.80. The van der Waals surface area contributed by atoms with Gasteiger partial charge in [0, 0.05) is 11.6 Å². The number of carbonyl (C=O) groups excluding carboxylic acids is 1. The van der Waals surface area contributed by atoms with Crippen molar-refractivity contribution >= 4 is 34.8 Å². The normalized spacial score (nSPS) is 18.9. The number of carbonyl (C=O) groups is 1. The average Bonchev–Trinajstić information content (AvgIpc) is 3.01. The van der Waals surface area contributed by atoms with Gasteiger partial charge >= 0.3 is 5.97 Å². The lowest BCUT2D eigenvalue weighted by atomic mass is 10.0. The zero-order valence-corrected chi connectivity index (χ0v) is 16.3. The molecule has 1 fully saturated rings. The third kappa shape index (κ3) is 5.64. The van der Waals surface area contributed by atoms with Crippen LogP contribution in [0.5, 0.6) is 0 Å². The summed E-state index contributed by atoms with van der Waals surface area (Å²) in [7, 11) is 1.32. The van der Waals surface area contributed by atoms with Gasteiger partial charge in [0.25, 0.3) is 0 Å². The van der Waals surface area contributed by atoms with Crippen LogP contribution in [0.25, 0.3) is 0 Å². The van der Waals surface area contributed by atoms with Gasteiger partial charge in [-0.1, -0.05) is 36.0 Å². The first-order chi connectivity index (χ1) is 11.7. The summed E-state index contributed by atoms with van der Waals surface area (Å²) < 4.78 is 10.4. The predicted octanol–water partition coefficient (Wildman–Crippen LogP) is 3.48. The minimum absolute atomic E-state index is 0.0436. The molecule has 1 aromatic carbocycles. The number of nitrogens with zero attached hydrogens (tertiary/aromatic N) is 1. The lowest BCUT2D eigenvalue weighted by Crippen LogP contribution is -2.44. The van der Waals surface area contributed by atoms with Gasteiger partial charge in [-0.25, -0.2) is 0 Å². The predicted molar refractivity (Wildman–Crippen MR) is 101 cm³/mol. The Morgan fingerprint density at radius 1 is 1.52 bits per heavy atom. The van der Waals surface area contributed by atoms with E-state index in [0.29, 0.717) is 10.0 Å². The summed E-state index contributed by atoms with van der Waals surface area (Å²) >= 11 is 11.7. The molecule has 1 heterocycles. The van der Waals surface area contributed by atoms with Crippen molar-refractivity contribution in [3.05, 3.63) is 34.9 Å². The van der Waals surface area contributed by atoms with E-state index in [1.54, 1.807) is 0 Å². The molecule has 0 amide bonds. The molecule has 2 atom stereocenters. The summed E-state index contributed by atoms with van der Waals surface area (Å²) in [5.74, 6) is -1.84. The number of benzene rings is 1. The number of halogens is 1. The second kappa shape index (κ2) is 8.45. The van der Waals surface area contributed by atoms with E-state index in [1.165, 1.54) is 21.0 Å². The zero-order chi connectivity index (χ0) is 18.6. The molecule has 138 valence electrons. The molecule has 0 bridgehead atoms. The number of rotatable bonds is 6. The highest BCUT2D eigenvalue weighted by Gasteiger charge is 2.35. The number of thiocarbonyl (C=S) groups is 1. The zero-order valence-electron chi connectivity index (χ0n) is 14.7. The number of esters is 1. The molecular formula is C18H24ClNO4S. The van der Waals surface area contributed by atoms with Crippen LogP contribution in [0.4, 0.5) is 0 Å². The summed E-state index contributed by atoms with van der Waals surface area (Å²) in [6.45, 7) is 3.79. The Hall–Kier alpha value is -1.21. The van der Waals surface area contributed by atoms with Crippen LogP contribution in [0.3, 0.4) is 0 Å². The molecule has 0 aliphatic carbocycles. The number of hydrogen-bond acceptors (Lipinski definition) is 5. The van der Waals surface area contributed by atoms with Gasteiger partial charge in [0.05, 0.1) is 19.6 Å². The van der Waals surface area contributed by atoms with Gasteiger partial charge in [0.2, 0.25) is 0 Å². The van der Waals surface area contributed by atoms with Gasteiger partial charge in [-0.05, 0) is 44.4 Å². The number of likely N-dealkylation sites (tertiary alicyclic amines) is 1. The fourth-order valence-electron chi connectivity index (χ4n) is 3.04. The van der Waals surface area contributed by atoms with Gasteiger partial charge in [-0.15, -0.1) is 0 Å². The molecule has 1 N–H and O–H groups in total. The van der Waals surface area contributed by atoms with Crippen molar-refractivity contribution in [2.75, 3.05) is 13.7 Å². The lowest BCUT2D eigenvalue weighted by Gasteiger charge is -2.34. The molecule has 1 saturated heterocycles. The highest BCUT2D eigenvalue weighted by atomic mass is 35.5. The molecule has 0 saturated carbocycles. The van der Waals surface area contributed by atoms with Gasteiger partial charge < -0.3 is 19.5 Å². The smallest absolute Gasteiger partial charge is 0.308 e. The number of ether oxygens (including phenoxy) is 2. The molecule has 1 aromatic rings. The Bertz CT molecular complexity index is 632. The molecule has 0 spiro atoms. The maximum Gasteiger partial charge on any atom is 0.308 e. The molecule has 0 aromatic heterocycles. The van der Waals surface area contributed by atoms with Crippen LogP contribution < -0.4 is 0 Å². The van der Waals surface area contributed by atoms with E-state index in [9.17, 15) is 9.90 Å². The largest absolute Gasteiger partial charge is 0.469 e. The van der Waals surface area contributed by atoms with Crippen molar-refractivity contribution in [1.29, 1.82) is 0 Å². The molecule has 7 heteroatoms. The summed E-state index contributed by atoms with van der Waals surface area (Å²) in [5.41, 5.74) is 1.08. The van der Waals surface area contributed by atoms with Crippen LogP contribution in [0.15, 0.2) is 24.3 Å². The van der Waals surface area contributed by atoms with Crippen LogP contribution >= 0.6 is 23.8 Å². The maximum absolute atomic E-state index is 11.7. The van der Waals surface area contributed by atoms with Crippen LogP contribution in [-0.4, -0.2) is 46.5 Å².